The van der Waals surface area contributed by atoms with Crippen molar-refractivity contribution in [3.05, 3.63) is 0 Å². The maximum Gasteiger partial charge on any atom is 0.335 e. The summed E-state index contributed by atoms with van der Waals surface area (Å²) in [7, 11) is 0. The molecule has 0 heterocycles. The van der Waals surface area contributed by atoms with Gasteiger partial charge in [0, 0.05) is 0 Å². The average molecular weight is 202 g/mol. The number of esters is 1. The summed E-state index contributed by atoms with van der Waals surface area (Å²) in [5.74, 6) is -0.313. The van der Waals surface area contributed by atoms with E-state index in [9.17, 15) is 4.79 Å². The summed E-state index contributed by atoms with van der Waals surface area (Å²) < 4.78 is 10.7. The highest BCUT2D eigenvalue weighted by Crippen LogP contribution is 2.14. The molecule has 0 saturated heterocycles. The van der Waals surface area contributed by atoms with Gasteiger partial charge in [-0.15, -0.1) is 0 Å². The quantitative estimate of drug-likeness (QED) is 0.645. The Bertz CT molecular complexity index is 196. The molecule has 1 unspecified atom stereocenters. The molecule has 0 fully saturated rings. The molecular formula is C11H22O3. The Balaban J connectivity index is 4.15. The SMILES string of the molecule is CC(OC(C)(C)C)C(=O)OC(C)(C)C. The zero-order chi connectivity index (χ0) is 11.6. The minimum Gasteiger partial charge on any atom is -0.458 e. The average Bonchev–Trinajstić information content (AvgIpc) is 1.78. The lowest BCUT2D eigenvalue weighted by Crippen LogP contribution is -2.36. The standard InChI is InChI=1S/C11H22O3/c1-8(13-10(2,3)4)9(12)14-11(5,6)7/h8H,1-7H3. The molecule has 0 rings (SSSR count). The van der Waals surface area contributed by atoms with Crippen molar-refractivity contribution in [1.82, 2.24) is 0 Å². The van der Waals surface area contributed by atoms with Gasteiger partial charge >= 0.3 is 5.97 Å². The molecule has 0 aliphatic heterocycles. The number of carbonyl (C=O) groups is 1. The van der Waals surface area contributed by atoms with Crippen molar-refractivity contribution < 1.29 is 14.3 Å². The Morgan fingerprint density at radius 3 is 1.71 bits per heavy atom. The zero-order valence-corrected chi connectivity index (χ0v) is 10.3. The van der Waals surface area contributed by atoms with Crippen LogP contribution in [-0.2, 0) is 14.3 Å². The minimum atomic E-state index is -0.519. The number of rotatable bonds is 2. The highest BCUT2D eigenvalue weighted by atomic mass is 16.6. The van der Waals surface area contributed by atoms with E-state index in [1.54, 1.807) is 6.92 Å². The Kier molecular flexibility index (Phi) is 4.13. The first kappa shape index (κ1) is 13.4. The molecule has 84 valence electrons. The van der Waals surface area contributed by atoms with E-state index in [2.05, 4.69) is 0 Å². The third kappa shape index (κ3) is 6.89. The lowest BCUT2D eigenvalue weighted by atomic mass is 10.1. The van der Waals surface area contributed by atoms with Crippen molar-refractivity contribution in [1.29, 1.82) is 0 Å². The number of hydrogen-bond acceptors (Lipinski definition) is 3. The predicted molar refractivity (Wildman–Crippen MR) is 56.1 cm³/mol. The molecule has 0 bridgehead atoms. The minimum absolute atomic E-state index is 0.313. The smallest absolute Gasteiger partial charge is 0.335 e. The molecule has 0 amide bonds. The van der Waals surface area contributed by atoms with Gasteiger partial charge in [0.05, 0.1) is 5.60 Å². The van der Waals surface area contributed by atoms with E-state index in [4.69, 9.17) is 9.47 Å². The number of hydrogen-bond donors (Lipinski definition) is 0. The Morgan fingerprint density at radius 2 is 1.43 bits per heavy atom. The van der Waals surface area contributed by atoms with E-state index < -0.39 is 11.7 Å². The second kappa shape index (κ2) is 4.30. The van der Waals surface area contributed by atoms with E-state index in [0.717, 1.165) is 0 Å². The highest BCUT2D eigenvalue weighted by molar-refractivity contribution is 5.74. The van der Waals surface area contributed by atoms with Crippen LogP contribution in [0.3, 0.4) is 0 Å². The second-order valence-electron chi connectivity index (χ2n) is 5.41. The van der Waals surface area contributed by atoms with Gasteiger partial charge in [0.1, 0.15) is 5.60 Å². The first-order valence-electron chi connectivity index (χ1n) is 4.92. The summed E-state index contributed by atoms with van der Waals surface area (Å²) >= 11 is 0. The summed E-state index contributed by atoms with van der Waals surface area (Å²) in [6.07, 6.45) is -0.519. The van der Waals surface area contributed by atoms with Gasteiger partial charge in [-0.25, -0.2) is 4.79 Å². The van der Waals surface area contributed by atoms with Gasteiger partial charge in [-0.05, 0) is 48.5 Å². The summed E-state index contributed by atoms with van der Waals surface area (Å²) in [6, 6.07) is 0. The lowest BCUT2D eigenvalue weighted by Gasteiger charge is -2.27. The van der Waals surface area contributed by atoms with Crippen LogP contribution < -0.4 is 0 Å². The van der Waals surface area contributed by atoms with Crippen LogP contribution in [0.25, 0.3) is 0 Å². The highest BCUT2D eigenvalue weighted by Gasteiger charge is 2.25. The Labute approximate surface area is 86.8 Å². The van der Waals surface area contributed by atoms with Gasteiger partial charge in [-0.2, -0.15) is 0 Å². The van der Waals surface area contributed by atoms with E-state index in [0.29, 0.717) is 0 Å². The van der Waals surface area contributed by atoms with Crippen molar-refractivity contribution in [3.8, 4) is 0 Å². The molecule has 0 aliphatic rings. The van der Waals surface area contributed by atoms with Crippen molar-refractivity contribution >= 4 is 5.97 Å². The molecule has 0 spiro atoms. The molecule has 0 aromatic heterocycles. The third-order valence-corrected chi connectivity index (χ3v) is 1.27. The van der Waals surface area contributed by atoms with Crippen LogP contribution in [-0.4, -0.2) is 23.3 Å². The molecule has 0 N–H and O–H groups in total. The predicted octanol–water partition coefficient (Wildman–Crippen LogP) is 2.53. The molecular weight excluding hydrogens is 180 g/mol. The fourth-order valence-corrected chi connectivity index (χ4v) is 0.963. The number of carbonyl (C=O) groups excluding carboxylic acids is 1. The second-order valence-corrected chi connectivity index (χ2v) is 5.41. The maximum absolute atomic E-state index is 11.5. The van der Waals surface area contributed by atoms with Gasteiger partial charge in [0.15, 0.2) is 6.10 Å². The third-order valence-electron chi connectivity index (χ3n) is 1.27. The summed E-state index contributed by atoms with van der Waals surface area (Å²) in [5.41, 5.74) is -0.775. The molecule has 1 atom stereocenters. The van der Waals surface area contributed by atoms with E-state index in [1.807, 2.05) is 41.5 Å². The molecule has 14 heavy (non-hydrogen) atoms. The van der Waals surface area contributed by atoms with Gasteiger partial charge in [0.25, 0.3) is 0 Å². The molecule has 0 aromatic rings. The van der Waals surface area contributed by atoms with Crippen molar-refractivity contribution in [2.45, 2.75) is 65.8 Å². The van der Waals surface area contributed by atoms with Crippen molar-refractivity contribution in [2.24, 2.45) is 0 Å². The van der Waals surface area contributed by atoms with Crippen LogP contribution in [0.1, 0.15) is 48.5 Å². The fraction of sp³-hybridized carbons (Fsp3) is 0.909. The maximum atomic E-state index is 11.5. The first-order valence-corrected chi connectivity index (χ1v) is 4.92. The molecule has 3 nitrogen and oxygen atoms in total. The fourth-order valence-electron chi connectivity index (χ4n) is 0.963. The molecule has 0 aliphatic carbocycles. The van der Waals surface area contributed by atoms with E-state index in [-0.39, 0.29) is 11.6 Å². The van der Waals surface area contributed by atoms with Gasteiger partial charge in [-0.1, -0.05) is 0 Å². The van der Waals surface area contributed by atoms with Crippen LogP contribution in [0.4, 0.5) is 0 Å². The molecule has 0 aromatic carbocycles. The Hall–Kier alpha value is -0.570. The largest absolute Gasteiger partial charge is 0.458 e. The molecule has 3 heteroatoms. The summed E-state index contributed by atoms with van der Waals surface area (Å²) in [5, 5.41) is 0. The summed E-state index contributed by atoms with van der Waals surface area (Å²) in [6.45, 7) is 13.0. The monoisotopic (exact) mass is 202 g/mol. The van der Waals surface area contributed by atoms with Crippen LogP contribution in [0, 0.1) is 0 Å². The molecule has 0 saturated carbocycles. The first-order chi connectivity index (χ1) is 6.01. The van der Waals surface area contributed by atoms with Crippen LogP contribution in [0.2, 0.25) is 0 Å². The molecule has 0 radical (unpaired) electrons. The van der Waals surface area contributed by atoms with Gasteiger partial charge < -0.3 is 9.47 Å². The summed E-state index contributed by atoms with van der Waals surface area (Å²) in [4.78, 5) is 11.5. The van der Waals surface area contributed by atoms with Crippen molar-refractivity contribution in [2.75, 3.05) is 0 Å². The topological polar surface area (TPSA) is 35.5 Å². The van der Waals surface area contributed by atoms with Crippen LogP contribution in [0.5, 0.6) is 0 Å². The normalized spacial score (nSPS) is 15.1. The van der Waals surface area contributed by atoms with Crippen molar-refractivity contribution in [3.63, 3.8) is 0 Å². The lowest BCUT2D eigenvalue weighted by molar-refractivity contribution is -0.175. The number of ether oxygens (including phenoxy) is 2. The van der Waals surface area contributed by atoms with E-state index in [1.165, 1.54) is 0 Å². The van der Waals surface area contributed by atoms with E-state index >= 15 is 0 Å². The Morgan fingerprint density at radius 1 is 1.00 bits per heavy atom. The van der Waals surface area contributed by atoms with Crippen LogP contribution in [0.15, 0.2) is 0 Å². The van der Waals surface area contributed by atoms with Gasteiger partial charge in [0.2, 0.25) is 0 Å². The van der Waals surface area contributed by atoms with Crippen LogP contribution >= 0.6 is 0 Å². The van der Waals surface area contributed by atoms with Gasteiger partial charge in [-0.3, -0.25) is 0 Å². The zero-order valence-electron chi connectivity index (χ0n) is 10.3.